The van der Waals surface area contributed by atoms with E-state index in [1.165, 1.54) is 16.7 Å². The third-order valence-corrected chi connectivity index (χ3v) is 3.87. The van der Waals surface area contributed by atoms with Crippen LogP contribution in [0, 0.1) is 0 Å². The molecule has 1 aromatic rings. The highest BCUT2D eigenvalue weighted by molar-refractivity contribution is 9.10. The lowest BCUT2D eigenvalue weighted by Crippen LogP contribution is -2.13. The number of fused-ring (bicyclic) bond motifs is 1. The molecule has 0 atom stereocenters. The third kappa shape index (κ3) is 2.83. The van der Waals surface area contributed by atoms with Gasteiger partial charge >= 0.3 is 5.97 Å². The van der Waals surface area contributed by atoms with Crippen LogP contribution in [-0.4, -0.2) is 12.6 Å². The van der Waals surface area contributed by atoms with E-state index in [0.717, 1.165) is 29.3 Å². The van der Waals surface area contributed by atoms with Gasteiger partial charge in [-0.15, -0.1) is 0 Å². The van der Waals surface area contributed by atoms with E-state index in [4.69, 9.17) is 4.74 Å². The third-order valence-electron chi connectivity index (χ3n) is 3.38. The molecule has 0 unspecified atom stereocenters. The van der Waals surface area contributed by atoms with Crippen LogP contribution in [0.3, 0.4) is 0 Å². The van der Waals surface area contributed by atoms with Crippen LogP contribution in [0.5, 0.6) is 0 Å². The van der Waals surface area contributed by atoms with E-state index in [9.17, 15) is 4.79 Å². The fourth-order valence-electron chi connectivity index (χ4n) is 2.31. The van der Waals surface area contributed by atoms with Crippen molar-refractivity contribution in [3.8, 4) is 0 Å². The van der Waals surface area contributed by atoms with Crippen molar-refractivity contribution in [1.29, 1.82) is 0 Å². The number of hydrogen-bond acceptors (Lipinski definition) is 2. The fraction of sp³-hybridized carbons (Fsp3) is 0.400. The van der Waals surface area contributed by atoms with E-state index in [-0.39, 0.29) is 5.97 Å². The summed E-state index contributed by atoms with van der Waals surface area (Å²) in [6, 6.07) is 6.37. The van der Waals surface area contributed by atoms with Crippen molar-refractivity contribution >= 4 is 21.9 Å². The predicted octanol–water partition coefficient (Wildman–Crippen LogP) is 3.82. The number of rotatable bonds is 2. The molecule has 0 N–H and O–H groups in total. The molecule has 0 aliphatic heterocycles. The lowest BCUT2D eigenvalue weighted by Gasteiger charge is -2.20. The van der Waals surface area contributed by atoms with E-state index in [2.05, 4.69) is 34.1 Å². The Kier molecular flexibility index (Phi) is 4.23. The Labute approximate surface area is 116 Å². The van der Waals surface area contributed by atoms with Crippen molar-refractivity contribution in [3.05, 3.63) is 44.9 Å². The second-order valence-corrected chi connectivity index (χ2v) is 5.45. The second kappa shape index (κ2) is 5.70. The zero-order valence-corrected chi connectivity index (χ0v) is 12.3. The van der Waals surface area contributed by atoms with Gasteiger partial charge in [0.25, 0.3) is 0 Å². The van der Waals surface area contributed by atoms with Gasteiger partial charge < -0.3 is 4.74 Å². The van der Waals surface area contributed by atoms with E-state index in [0.29, 0.717) is 6.61 Å². The number of allylic oxidation sites excluding steroid dienone is 1. The highest BCUT2D eigenvalue weighted by Crippen LogP contribution is 2.29. The molecule has 0 bridgehead atoms. The van der Waals surface area contributed by atoms with Gasteiger partial charge in [0.1, 0.15) is 0 Å². The van der Waals surface area contributed by atoms with Crippen molar-refractivity contribution in [2.45, 2.75) is 33.1 Å². The molecule has 0 aromatic heterocycles. The standard InChI is InChI=1S/C15H17BrO2/c1-3-18-15(17)10(2)11-4-5-13-9-14(16)7-6-12(13)8-11/h6-7,9H,3-5,8H2,1-2H3/b11-10-. The van der Waals surface area contributed by atoms with Crippen molar-refractivity contribution < 1.29 is 9.53 Å². The molecule has 1 aromatic carbocycles. The van der Waals surface area contributed by atoms with Crippen molar-refractivity contribution in [3.63, 3.8) is 0 Å². The fourth-order valence-corrected chi connectivity index (χ4v) is 2.72. The van der Waals surface area contributed by atoms with Crippen LogP contribution in [0.25, 0.3) is 0 Å². The molecule has 0 saturated carbocycles. The Hall–Kier alpha value is -1.09. The van der Waals surface area contributed by atoms with Crippen LogP contribution in [0.2, 0.25) is 0 Å². The van der Waals surface area contributed by atoms with Crippen LogP contribution in [-0.2, 0) is 22.4 Å². The SMILES string of the molecule is CCOC(=O)/C(C)=C1/CCc2cc(Br)ccc2C1. The van der Waals surface area contributed by atoms with Gasteiger partial charge in [-0.1, -0.05) is 27.6 Å². The zero-order valence-electron chi connectivity index (χ0n) is 10.8. The first-order valence-electron chi connectivity index (χ1n) is 6.25. The summed E-state index contributed by atoms with van der Waals surface area (Å²) in [6.07, 6.45) is 2.82. The van der Waals surface area contributed by atoms with Crippen molar-refractivity contribution in [1.82, 2.24) is 0 Å². The zero-order chi connectivity index (χ0) is 13.1. The molecule has 0 saturated heterocycles. The molecule has 1 aliphatic carbocycles. The maximum Gasteiger partial charge on any atom is 0.333 e. The number of carbonyl (C=O) groups excluding carboxylic acids is 1. The minimum Gasteiger partial charge on any atom is -0.463 e. The maximum absolute atomic E-state index is 11.7. The number of carbonyl (C=O) groups is 1. The van der Waals surface area contributed by atoms with Gasteiger partial charge in [-0.25, -0.2) is 4.79 Å². The molecule has 2 nitrogen and oxygen atoms in total. The average Bonchev–Trinajstić information content (AvgIpc) is 2.37. The first-order chi connectivity index (χ1) is 8.61. The molecule has 18 heavy (non-hydrogen) atoms. The molecule has 0 amide bonds. The van der Waals surface area contributed by atoms with Crippen molar-refractivity contribution in [2.75, 3.05) is 6.61 Å². The minimum atomic E-state index is -0.173. The van der Waals surface area contributed by atoms with Crippen LogP contribution < -0.4 is 0 Å². The van der Waals surface area contributed by atoms with E-state index in [1.54, 1.807) is 0 Å². The topological polar surface area (TPSA) is 26.3 Å². The Morgan fingerprint density at radius 1 is 1.33 bits per heavy atom. The van der Waals surface area contributed by atoms with Gasteiger partial charge in [0.15, 0.2) is 0 Å². The van der Waals surface area contributed by atoms with E-state index in [1.807, 2.05) is 13.8 Å². The molecular formula is C15H17BrO2. The normalized spacial score (nSPS) is 17.1. The monoisotopic (exact) mass is 308 g/mol. The van der Waals surface area contributed by atoms with Crippen molar-refractivity contribution in [2.24, 2.45) is 0 Å². The molecule has 0 radical (unpaired) electrons. The Morgan fingerprint density at radius 2 is 2.11 bits per heavy atom. The van der Waals surface area contributed by atoms with Gasteiger partial charge in [0.2, 0.25) is 0 Å². The number of esters is 1. The minimum absolute atomic E-state index is 0.173. The number of aryl methyl sites for hydroxylation is 1. The predicted molar refractivity (Wildman–Crippen MR) is 75.5 cm³/mol. The quantitative estimate of drug-likeness (QED) is 0.613. The van der Waals surface area contributed by atoms with Gasteiger partial charge in [-0.05, 0) is 56.4 Å². The number of benzene rings is 1. The summed E-state index contributed by atoms with van der Waals surface area (Å²) in [6.45, 7) is 4.15. The summed E-state index contributed by atoms with van der Waals surface area (Å²) in [7, 11) is 0. The smallest absolute Gasteiger partial charge is 0.333 e. The number of halogens is 1. The summed E-state index contributed by atoms with van der Waals surface area (Å²) in [4.78, 5) is 11.7. The Balaban J connectivity index is 2.23. The summed E-state index contributed by atoms with van der Waals surface area (Å²) >= 11 is 3.49. The van der Waals surface area contributed by atoms with Crippen LogP contribution in [0.4, 0.5) is 0 Å². The molecule has 1 aliphatic rings. The second-order valence-electron chi connectivity index (χ2n) is 4.54. The van der Waals surface area contributed by atoms with Crippen LogP contribution >= 0.6 is 15.9 Å². The van der Waals surface area contributed by atoms with E-state index < -0.39 is 0 Å². The molecule has 3 heteroatoms. The largest absolute Gasteiger partial charge is 0.463 e. The highest BCUT2D eigenvalue weighted by atomic mass is 79.9. The lowest BCUT2D eigenvalue weighted by molar-refractivity contribution is -0.138. The first kappa shape index (κ1) is 13.3. The first-order valence-corrected chi connectivity index (χ1v) is 7.04. The number of hydrogen-bond donors (Lipinski definition) is 0. The van der Waals surface area contributed by atoms with Crippen LogP contribution in [0.1, 0.15) is 31.4 Å². The Morgan fingerprint density at radius 3 is 2.83 bits per heavy atom. The summed E-state index contributed by atoms with van der Waals surface area (Å²) in [5, 5.41) is 0. The van der Waals surface area contributed by atoms with Gasteiger partial charge in [-0.3, -0.25) is 0 Å². The van der Waals surface area contributed by atoms with Gasteiger partial charge in [0.05, 0.1) is 6.61 Å². The van der Waals surface area contributed by atoms with Gasteiger partial charge in [-0.2, -0.15) is 0 Å². The summed E-state index contributed by atoms with van der Waals surface area (Å²) < 4.78 is 6.18. The molecule has 0 fully saturated rings. The molecule has 2 rings (SSSR count). The van der Waals surface area contributed by atoms with Crippen LogP contribution in [0.15, 0.2) is 33.8 Å². The Bertz CT molecular complexity index is 503. The maximum atomic E-state index is 11.7. The van der Waals surface area contributed by atoms with Gasteiger partial charge in [0, 0.05) is 10.0 Å². The molecule has 0 heterocycles. The number of ether oxygens (including phenoxy) is 1. The summed E-state index contributed by atoms with van der Waals surface area (Å²) in [5.41, 5.74) is 4.70. The molecule has 0 spiro atoms. The lowest BCUT2D eigenvalue weighted by atomic mass is 9.86. The highest BCUT2D eigenvalue weighted by Gasteiger charge is 2.18. The summed E-state index contributed by atoms with van der Waals surface area (Å²) in [5.74, 6) is -0.173. The van der Waals surface area contributed by atoms with E-state index >= 15 is 0 Å². The molecule has 96 valence electrons. The average molecular weight is 309 g/mol. The molecular weight excluding hydrogens is 292 g/mol.